The number of rotatable bonds is 13. The zero-order valence-corrected chi connectivity index (χ0v) is 27.6. The maximum atomic E-state index is 10.2. The molecule has 1 saturated heterocycles. The van der Waals surface area contributed by atoms with Crippen LogP contribution in [0.15, 0.2) is 49.3 Å². The van der Waals surface area contributed by atoms with Gasteiger partial charge in [0.05, 0.1) is 55.0 Å². The molecule has 15 heteroatoms. The first-order valence-corrected chi connectivity index (χ1v) is 16.4. The normalized spacial score (nSPS) is 21.0. The summed E-state index contributed by atoms with van der Waals surface area (Å²) in [5.74, 6) is 0.913. The van der Waals surface area contributed by atoms with E-state index in [0.717, 1.165) is 62.4 Å². The van der Waals surface area contributed by atoms with Gasteiger partial charge in [0.2, 0.25) is 5.95 Å². The number of nitriles is 1. The first-order chi connectivity index (χ1) is 23.2. The third kappa shape index (κ3) is 8.70. The first kappa shape index (κ1) is 33.4. The van der Waals surface area contributed by atoms with Crippen molar-refractivity contribution in [3.63, 3.8) is 0 Å². The van der Waals surface area contributed by atoms with Gasteiger partial charge in [-0.3, -0.25) is 9.58 Å². The van der Waals surface area contributed by atoms with Crippen molar-refractivity contribution in [3.8, 4) is 22.9 Å². The molecule has 0 radical (unpaired) electrons. The molecule has 4 aromatic rings. The predicted octanol–water partition coefficient (Wildman–Crippen LogP) is 3.38. The van der Waals surface area contributed by atoms with Gasteiger partial charge in [-0.15, -0.1) is 5.10 Å². The lowest BCUT2D eigenvalue weighted by molar-refractivity contribution is -0.0836. The van der Waals surface area contributed by atoms with Crippen molar-refractivity contribution in [2.75, 3.05) is 38.2 Å². The fourth-order valence-corrected chi connectivity index (χ4v) is 6.24. The van der Waals surface area contributed by atoms with Crippen LogP contribution in [0.3, 0.4) is 0 Å². The summed E-state index contributed by atoms with van der Waals surface area (Å²) in [6, 6.07) is 8.10. The minimum Gasteiger partial charge on any atom is -0.487 e. The van der Waals surface area contributed by atoms with E-state index in [-0.39, 0.29) is 18.2 Å². The third-order valence-corrected chi connectivity index (χ3v) is 8.77. The summed E-state index contributed by atoms with van der Waals surface area (Å²) < 4.78 is 21.7. The monoisotopic (exact) mass is 657 g/mol. The molecule has 2 N–H and O–H groups in total. The average molecular weight is 658 g/mol. The lowest BCUT2D eigenvalue weighted by atomic mass is 9.87. The lowest BCUT2D eigenvalue weighted by Gasteiger charge is -2.43. The number of anilines is 2. The Hall–Kier alpha value is -4.49. The highest BCUT2D eigenvalue weighted by Gasteiger charge is 2.36. The van der Waals surface area contributed by atoms with Crippen LogP contribution in [-0.4, -0.2) is 107 Å². The minimum absolute atomic E-state index is 0.0445. The molecule has 15 nitrogen and oxygen atoms in total. The summed E-state index contributed by atoms with van der Waals surface area (Å²) in [5, 5.41) is 39.0. The number of tetrazole rings is 1. The molecule has 0 amide bonds. The van der Waals surface area contributed by atoms with E-state index in [9.17, 15) is 10.4 Å². The first-order valence-electron chi connectivity index (χ1n) is 16.4. The Bertz CT molecular complexity index is 1640. The van der Waals surface area contributed by atoms with Crippen molar-refractivity contribution in [1.82, 2.24) is 44.9 Å². The van der Waals surface area contributed by atoms with E-state index >= 15 is 0 Å². The number of aliphatic hydroxyl groups is 1. The van der Waals surface area contributed by atoms with Crippen LogP contribution in [0.5, 0.6) is 5.75 Å². The molecule has 2 aliphatic rings. The molecule has 1 saturated carbocycles. The molecule has 2 fully saturated rings. The van der Waals surface area contributed by atoms with Crippen LogP contribution in [0, 0.1) is 11.3 Å². The van der Waals surface area contributed by atoms with E-state index in [1.807, 2.05) is 43.8 Å². The van der Waals surface area contributed by atoms with Crippen molar-refractivity contribution >= 4 is 11.6 Å². The molecule has 0 unspecified atom stereocenters. The Morgan fingerprint density at radius 3 is 2.69 bits per heavy atom. The van der Waals surface area contributed by atoms with Crippen molar-refractivity contribution in [3.05, 3.63) is 54.9 Å². The van der Waals surface area contributed by atoms with Gasteiger partial charge in [-0.05, 0) is 74.6 Å². The largest absolute Gasteiger partial charge is 0.487 e. The van der Waals surface area contributed by atoms with Crippen LogP contribution in [0.25, 0.3) is 11.1 Å². The van der Waals surface area contributed by atoms with E-state index in [2.05, 4.69) is 46.9 Å². The minimum atomic E-state index is -0.763. The Balaban J connectivity index is 1.08. The second kappa shape index (κ2) is 15.2. The summed E-state index contributed by atoms with van der Waals surface area (Å²) in [6.07, 6.45) is 12.0. The fraction of sp³-hybridized carbons (Fsp3) is 0.545. The Morgan fingerprint density at radius 2 is 1.96 bits per heavy atom. The van der Waals surface area contributed by atoms with Crippen molar-refractivity contribution in [2.24, 2.45) is 0 Å². The van der Waals surface area contributed by atoms with Gasteiger partial charge in [-0.2, -0.15) is 10.4 Å². The highest BCUT2D eigenvalue weighted by atomic mass is 16.5. The van der Waals surface area contributed by atoms with Gasteiger partial charge in [0.15, 0.2) is 0 Å². The number of nitrogens with one attached hydrogen (secondary N) is 1. The molecular formula is C33H43N11O4. The number of hydrogen-bond acceptors (Lipinski definition) is 13. The molecular weight excluding hydrogens is 614 g/mol. The maximum absolute atomic E-state index is 10.2. The van der Waals surface area contributed by atoms with E-state index in [1.54, 1.807) is 29.3 Å². The number of morpholine rings is 1. The van der Waals surface area contributed by atoms with Crippen LogP contribution in [0.2, 0.25) is 0 Å². The van der Waals surface area contributed by atoms with Gasteiger partial charge in [0.1, 0.15) is 24.3 Å². The van der Waals surface area contributed by atoms with Crippen LogP contribution >= 0.6 is 0 Å². The Kier molecular flexibility index (Phi) is 10.6. The molecule has 1 aliphatic heterocycles. The number of ether oxygens (including phenoxy) is 3. The average Bonchev–Trinajstić information content (AvgIpc) is 3.77. The number of aromatic nitrogens is 8. The SMILES string of the molecule is C[C@@H](Cn1cnnn1)Oc1cc(-c2cnc(Nc3cnn([C@@H]4CC[C@@H](N5CCOCC5)[C@H](OCCC(C)(C)O)C4)c3)nc2)ccc1C#N. The van der Waals surface area contributed by atoms with E-state index in [0.29, 0.717) is 42.9 Å². The highest BCUT2D eigenvalue weighted by molar-refractivity contribution is 5.66. The second-order valence-electron chi connectivity index (χ2n) is 13.1. The van der Waals surface area contributed by atoms with Crippen LogP contribution in [0.4, 0.5) is 11.6 Å². The Labute approximate surface area is 279 Å². The van der Waals surface area contributed by atoms with E-state index in [1.165, 1.54) is 6.33 Å². The van der Waals surface area contributed by atoms with Crippen molar-refractivity contribution in [2.45, 2.75) is 82.9 Å². The van der Waals surface area contributed by atoms with Crippen LogP contribution in [-0.2, 0) is 16.0 Å². The zero-order valence-electron chi connectivity index (χ0n) is 27.6. The predicted molar refractivity (Wildman–Crippen MR) is 175 cm³/mol. The number of hydrogen-bond donors (Lipinski definition) is 2. The highest BCUT2D eigenvalue weighted by Crippen LogP contribution is 2.34. The molecule has 1 aliphatic carbocycles. The van der Waals surface area contributed by atoms with Gasteiger partial charge in [0.25, 0.3) is 0 Å². The summed E-state index contributed by atoms with van der Waals surface area (Å²) in [6.45, 7) is 9.81. The van der Waals surface area contributed by atoms with Gasteiger partial charge in [0, 0.05) is 49.9 Å². The van der Waals surface area contributed by atoms with Crippen molar-refractivity contribution < 1.29 is 19.3 Å². The van der Waals surface area contributed by atoms with Gasteiger partial charge >= 0.3 is 0 Å². The molecule has 0 bridgehead atoms. The van der Waals surface area contributed by atoms with Gasteiger partial charge < -0.3 is 24.6 Å². The number of nitrogens with zero attached hydrogens (tertiary/aromatic N) is 10. The van der Waals surface area contributed by atoms with Crippen LogP contribution in [0.1, 0.15) is 58.1 Å². The van der Waals surface area contributed by atoms with Crippen molar-refractivity contribution in [1.29, 1.82) is 5.26 Å². The van der Waals surface area contributed by atoms with E-state index in [4.69, 9.17) is 14.2 Å². The zero-order chi connectivity index (χ0) is 33.5. The number of benzene rings is 1. The molecule has 1 aromatic carbocycles. The molecule has 3 aromatic heterocycles. The second-order valence-corrected chi connectivity index (χ2v) is 13.1. The quantitative estimate of drug-likeness (QED) is 0.214. The smallest absolute Gasteiger partial charge is 0.227 e. The third-order valence-electron chi connectivity index (χ3n) is 8.77. The molecule has 48 heavy (non-hydrogen) atoms. The topological polar surface area (TPSA) is 174 Å². The molecule has 4 atom stereocenters. The summed E-state index contributed by atoms with van der Waals surface area (Å²) in [5.41, 5.74) is 2.07. The van der Waals surface area contributed by atoms with Crippen LogP contribution < -0.4 is 10.1 Å². The molecule has 6 rings (SSSR count). The van der Waals surface area contributed by atoms with E-state index < -0.39 is 5.60 Å². The summed E-state index contributed by atoms with van der Waals surface area (Å²) >= 11 is 0. The summed E-state index contributed by atoms with van der Waals surface area (Å²) in [7, 11) is 0. The molecule has 0 spiro atoms. The fourth-order valence-electron chi connectivity index (χ4n) is 6.24. The Morgan fingerprint density at radius 1 is 1.15 bits per heavy atom. The molecule has 4 heterocycles. The maximum Gasteiger partial charge on any atom is 0.227 e. The lowest BCUT2D eigenvalue weighted by Crippen LogP contribution is -2.52. The molecule has 254 valence electrons. The standard InChI is InChI=1S/C33H43N11O4/c1-23(20-43-22-37-40-41-43)48-30-14-24(4-5-25(30)16-34)26-17-35-32(36-18-26)39-27-19-38-44(21-27)28-6-7-29(42-9-12-46-13-10-42)31(15-28)47-11-8-33(2,3)45/h4-5,14,17-19,21-23,28-29,31,45H,6-13,15,20H2,1-3H3,(H,35,36,39)/t23-,28+,29+,31+/m0/s1. The van der Waals surface area contributed by atoms with Gasteiger partial charge in [-0.25, -0.2) is 14.6 Å². The van der Waals surface area contributed by atoms with Gasteiger partial charge in [-0.1, -0.05) is 6.07 Å². The summed E-state index contributed by atoms with van der Waals surface area (Å²) in [4.78, 5) is 11.6.